The zero-order valence-corrected chi connectivity index (χ0v) is 20.4. The largest absolute Gasteiger partial charge is 0.455 e. The highest BCUT2D eigenvalue weighted by Crippen LogP contribution is 2.46. The first kappa shape index (κ1) is 9.33. The molecule has 0 saturated heterocycles. The van der Waals surface area contributed by atoms with Crippen LogP contribution in [0.5, 0.6) is 0 Å². The fraction of sp³-hybridized carbons (Fsp3) is 0. The molecule has 0 radical (unpaired) electrons. The maximum Gasteiger partial charge on any atom is 0.143 e. The monoisotopic (exact) mass is 544 g/mol. The van der Waals surface area contributed by atoms with Crippen molar-refractivity contribution in [1.82, 2.24) is 0 Å². The van der Waals surface area contributed by atoms with Crippen LogP contribution in [0.1, 0.15) is 32.9 Å². The quantitative estimate of drug-likeness (QED) is 0.156. The molecule has 1 heterocycles. The van der Waals surface area contributed by atoms with Gasteiger partial charge in [0.2, 0.25) is 0 Å². The van der Waals surface area contributed by atoms with Crippen molar-refractivity contribution in [3.05, 3.63) is 145 Å². The van der Waals surface area contributed by atoms with Gasteiger partial charge in [-0.1, -0.05) is 133 Å². The summed E-state index contributed by atoms with van der Waals surface area (Å²) in [6.45, 7) is 0. The Morgan fingerprint density at radius 2 is 0.951 bits per heavy atom. The molecule has 0 bridgehead atoms. The van der Waals surface area contributed by atoms with Gasteiger partial charge in [-0.3, -0.25) is 0 Å². The average Bonchev–Trinajstić information content (AvgIpc) is 3.68. The van der Waals surface area contributed by atoms with E-state index < -0.39 is 232 Å². The number of benzene rings is 8. The van der Waals surface area contributed by atoms with E-state index in [1.165, 1.54) is 0 Å². The van der Waals surface area contributed by atoms with Crippen molar-refractivity contribution in [1.29, 1.82) is 0 Å². The summed E-state index contributed by atoms with van der Waals surface area (Å²) in [6, 6.07) is -20.4. The van der Waals surface area contributed by atoms with E-state index in [1.807, 2.05) is 0 Å². The molecule has 41 heavy (non-hydrogen) atoms. The minimum absolute atomic E-state index is 0.394. The van der Waals surface area contributed by atoms with E-state index in [-0.39, 0.29) is 0 Å². The van der Waals surface area contributed by atoms with Gasteiger partial charge in [-0.05, 0) is 66.3 Å². The smallest absolute Gasteiger partial charge is 0.143 e. The number of fused-ring (bicyclic) bond motifs is 8. The molecule has 9 rings (SSSR count). The van der Waals surface area contributed by atoms with Crippen LogP contribution in [0.2, 0.25) is 0 Å². The van der Waals surface area contributed by atoms with Crippen LogP contribution < -0.4 is 0 Å². The van der Waals surface area contributed by atoms with Crippen LogP contribution in [0.15, 0.2) is 149 Å². The van der Waals surface area contributed by atoms with Gasteiger partial charge in [-0.15, -0.1) is 0 Å². The van der Waals surface area contributed by atoms with E-state index in [1.54, 1.807) is 0 Å². The van der Waals surface area contributed by atoms with Crippen molar-refractivity contribution >= 4 is 65.0 Å². The van der Waals surface area contributed by atoms with E-state index in [9.17, 15) is 11.0 Å². The molecule has 0 spiro atoms. The van der Waals surface area contributed by atoms with Crippen LogP contribution in [0.3, 0.4) is 0 Å². The highest BCUT2D eigenvalue weighted by Gasteiger charge is 2.20. The van der Waals surface area contributed by atoms with Gasteiger partial charge in [-0.2, -0.15) is 0 Å². The third-order valence-electron chi connectivity index (χ3n) is 6.87. The highest BCUT2D eigenvalue weighted by molar-refractivity contribution is 6.24. The summed E-state index contributed by atoms with van der Waals surface area (Å²) in [5.41, 5.74) is -3.78. The Morgan fingerprint density at radius 3 is 1.71 bits per heavy atom. The summed E-state index contributed by atoms with van der Waals surface area (Å²) in [4.78, 5) is 0. The summed E-state index contributed by atoms with van der Waals surface area (Å²) >= 11 is 0. The third-order valence-corrected chi connectivity index (χ3v) is 6.87. The Balaban J connectivity index is 1.64. The van der Waals surface area contributed by atoms with E-state index in [0.29, 0.717) is 0 Å². The number of hydrogen-bond acceptors (Lipinski definition) is 1. The standard InChI is InChI=1S/C40H24O/c1-2-11-28-25(10-1)20-21-26-24-27(22-23-29(26)28)38-31-13-3-5-15-33(31)39(34-16-6-4-14-32(34)38)36-18-9-17-35-30-12-7-8-19-37(30)41-40(35)36/h1-24H/i1D,2D,3D,4D,5D,6D,7D,8D,9D,10D,11D,12D,13D,14D,15D,16D,17D,18D,19D,20D,21D,22D,23D,24D. The molecule has 0 saturated carbocycles. The first-order chi connectivity index (χ1) is 30.3. The minimum Gasteiger partial charge on any atom is -0.455 e. The van der Waals surface area contributed by atoms with Crippen molar-refractivity contribution in [2.45, 2.75) is 0 Å². The lowest BCUT2D eigenvalue weighted by molar-refractivity contribution is 0.670. The van der Waals surface area contributed by atoms with Gasteiger partial charge in [0.25, 0.3) is 0 Å². The van der Waals surface area contributed by atoms with Gasteiger partial charge in [0.05, 0.1) is 32.9 Å². The highest BCUT2D eigenvalue weighted by atomic mass is 16.3. The van der Waals surface area contributed by atoms with Crippen molar-refractivity contribution in [3.63, 3.8) is 0 Å². The van der Waals surface area contributed by atoms with Gasteiger partial charge in [-0.25, -0.2) is 0 Å². The van der Waals surface area contributed by atoms with Crippen molar-refractivity contribution in [3.8, 4) is 22.3 Å². The Bertz CT molecular complexity index is 3740. The molecule has 0 unspecified atom stereocenters. The minimum atomic E-state index is -0.959. The summed E-state index contributed by atoms with van der Waals surface area (Å²) in [6.07, 6.45) is 0. The third kappa shape index (κ3) is 3.24. The molecule has 1 nitrogen and oxygen atoms in total. The molecule has 9 aromatic rings. The second kappa shape index (κ2) is 8.55. The fourth-order valence-electron chi connectivity index (χ4n) is 5.16. The summed E-state index contributed by atoms with van der Waals surface area (Å²) < 4.78 is 220. The molecule has 0 amide bonds. The topological polar surface area (TPSA) is 13.1 Å². The molecule has 0 N–H and O–H groups in total. The second-order valence-electron chi connectivity index (χ2n) is 9.01. The van der Waals surface area contributed by atoms with Gasteiger partial charge < -0.3 is 4.42 Å². The molecule has 1 heteroatoms. The lowest BCUT2D eigenvalue weighted by atomic mass is 9.85. The molecular weight excluding hydrogens is 496 g/mol. The van der Waals surface area contributed by atoms with Crippen LogP contribution in [-0.2, 0) is 0 Å². The van der Waals surface area contributed by atoms with Gasteiger partial charge >= 0.3 is 0 Å². The predicted octanol–water partition coefficient (Wildman–Crippen LogP) is 11.5. The van der Waals surface area contributed by atoms with Crippen LogP contribution in [0.4, 0.5) is 0 Å². The predicted molar refractivity (Wildman–Crippen MR) is 175 cm³/mol. The lowest BCUT2D eigenvalue weighted by Gasteiger charge is -2.18. The van der Waals surface area contributed by atoms with Crippen molar-refractivity contribution in [2.75, 3.05) is 0 Å². The number of rotatable bonds is 2. The molecular formula is C40H24O. The van der Waals surface area contributed by atoms with Crippen LogP contribution in [0, 0.1) is 0 Å². The molecule has 0 aliphatic heterocycles. The molecule has 1 aromatic heterocycles. The second-order valence-corrected chi connectivity index (χ2v) is 9.01. The van der Waals surface area contributed by atoms with Crippen molar-refractivity contribution < 1.29 is 37.3 Å². The Morgan fingerprint density at radius 1 is 0.390 bits per heavy atom. The Labute approximate surface area is 270 Å². The van der Waals surface area contributed by atoms with Crippen LogP contribution in [0.25, 0.3) is 87.3 Å². The SMILES string of the molecule is [2H]c1c([2H])c([2H])c2c(oc3c(-c4c5c([2H])c([2H])c([2H])c([2H])c5c(-c5c([2H])c([2H])c6c(c5[2H])c([2H])c([2H])c5c([2H])c([2H])c([2H])c([2H])c56)c5c([2H])c([2H])c([2H])c([2H])c45)c([2H])c([2H])c([2H])c32)c1[2H]. The van der Waals surface area contributed by atoms with Gasteiger partial charge in [0, 0.05) is 21.9 Å². The molecule has 0 aliphatic carbocycles. The van der Waals surface area contributed by atoms with E-state index in [4.69, 9.17) is 26.3 Å². The lowest BCUT2D eigenvalue weighted by Crippen LogP contribution is -1.91. The number of furan rings is 1. The van der Waals surface area contributed by atoms with Crippen molar-refractivity contribution in [2.24, 2.45) is 0 Å². The summed E-state index contributed by atoms with van der Waals surface area (Å²) in [5, 5.41) is -5.56. The normalized spacial score (nSPS) is 20.1. The Kier molecular flexibility index (Phi) is 1.94. The molecule has 0 atom stereocenters. The summed E-state index contributed by atoms with van der Waals surface area (Å²) in [7, 11) is 0. The van der Waals surface area contributed by atoms with Crippen LogP contribution in [-0.4, -0.2) is 0 Å². The molecule has 190 valence electrons. The molecule has 8 aromatic carbocycles. The molecule has 0 aliphatic rings. The van der Waals surface area contributed by atoms with Gasteiger partial charge in [0.1, 0.15) is 11.2 Å². The zero-order valence-electron chi connectivity index (χ0n) is 44.4. The maximum atomic E-state index is 9.65. The zero-order chi connectivity index (χ0) is 47.8. The van der Waals surface area contributed by atoms with Crippen LogP contribution >= 0.6 is 0 Å². The Hall–Kier alpha value is -5.40. The fourth-order valence-corrected chi connectivity index (χ4v) is 5.16. The maximum absolute atomic E-state index is 9.65. The number of hydrogen-bond donors (Lipinski definition) is 0. The average molecular weight is 545 g/mol. The first-order valence-electron chi connectivity index (χ1n) is 24.2. The summed E-state index contributed by atoms with van der Waals surface area (Å²) in [5.74, 6) is 0. The van der Waals surface area contributed by atoms with E-state index in [2.05, 4.69) is 0 Å². The van der Waals surface area contributed by atoms with E-state index >= 15 is 0 Å². The molecule has 0 fully saturated rings. The first-order valence-corrected chi connectivity index (χ1v) is 12.2. The van der Waals surface area contributed by atoms with E-state index in [0.717, 1.165) is 0 Å². The number of para-hydroxylation sites is 2. The van der Waals surface area contributed by atoms with Gasteiger partial charge in [0.15, 0.2) is 0 Å².